The van der Waals surface area contributed by atoms with Crippen molar-refractivity contribution in [1.29, 1.82) is 5.26 Å². The zero-order chi connectivity index (χ0) is 12.0. The maximum absolute atomic E-state index is 8.92. The van der Waals surface area contributed by atoms with E-state index >= 15 is 0 Å². The van der Waals surface area contributed by atoms with Crippen LogP contribution in [0.5, 0.6) is 0 Å². The molecule has 0 amide bonds. The van der Waals surface area contributed by atoms with E-state index < -0.39 is 0 Å². The van der Waals surface area contributed by atoms with Crippen molar-refractivity contribution in [3.63, 3.8) is 0 Å². The first-order valence-electron chi connectivity index (χ1n) is 6.19. The molecular weight excluding hydrogens is 194 g/mol. The third-order valence-corrected chi connectivity index (χ3v) is 3.32. The molecule has 86 valence electrons. The van der Waals surface area contributed by atoms with Gasteiger partial charge in [-0.25, -0.2) is 0 Å². The van der Waals surface area contributed by atoms with Gasteiger partial charge in [0.2, 0.25) is 0 Å². The molecule has 0 aliphatic heterocycles. The molecule has 0 aromatic heterocycles. The Hall–Kier alpha value is -1.29. The van der Waals surface area contributed by atoms with Crippen LogP contribution in [0.15, 0.2) is 24.3 Å². The molecule has 0 fully saturated rings. The molecule has 0 saturated heterocycles. The monoisotopic (exact) mass is 215 g/mol. The first kappa shape index (κ1) is 12.8. The standard InChI is InChI=1S/C15H21N/c1-4-12(3)15-8-6-14(7-9-15)10-13(5-2)11-16/h6-9,12-13H,4-5,10H2,1-3H3. The molecule has 0 saturated carbocycles. The number of nitriles is 1. The van der Waals surface area contributed by atoms with Gasteiger partial charge in [0.1, 0.15) is 0 Å². The number of rotatable bonds is 5. The maximum Gasteiger partial charge on any atom is 0.0659 e. The highest BCUT2D eigenvalue weighted by atomic mass is 14.3. The molecule has 2 unspecified atom stereocenters. The molecule has 1 nitrogen and oxygen atoms in total. The fourth-order valence-corrected chi connectivity index (χ4v) is 1.78. The van der Waals surface area contributed by atoms with Crippen molar-refractivity contribution in [1.82, 2.24) is 0 Å². The molecular formula is C15H21N. The number of nitrogens with zero attached hydrogens (tertiary/aromatic N) is 1. The normalized spacial score (nSPS) is 14.1. The van der Waals surface area contributed by atoms with E-state index in [9.17, 15) is 0 Å². The molecule has 2 atom stereocenters. The van der Waals surface area contributed by atoms with Crippen LogP contribution in [0.3, 0.4) is 0 Å². The van der Waals surface area contributed by atoms with Crippen LogP contribution in [0.25, 0.3) is 0 Å². The second kappa shape index (κ2) is 6.33. The second-order valence-electron chi connectivity index (χ2n) is 4.49. The van der Waals surface area contributed by atoms with Crippen LogP contribution in [0.4, 0.5) is 0 Å². The summed E-state index contributed by atoms with van der Waals surface area (Å²) in [6, 6.07) is 11.1. The maximum atomic E-state index is 8.92. The summed E-state index contributed by atoms with van der Waals surface area (Å²) in [6.45, 7) is 6.53. The van der Waals surface area contributed by atoms with Crippen LogP contribution in [0.1, 0.15) is 50.7 Å². The summed E-state index contributed by atoms with van der Waals surface area (Å²) in [5, 5.41) is 8.92. The Balaban J connectivity index is 2.68. The Morgan fingerprint density at radius 2 is 1.75 bits per heavy atom. The Morgan fingerprint density at radius 1 is 1.12 bits per heavy atom. The topological polar surface area (TPSA) is 23.8 Å². The number of benzene rings is 1. The quantitative estimate of drug-likeness (QED) is 0.718. The fourth-order valence-electron chi connectivity index (χ4n) is 1.78. The Labute approximate surface area is 99.1 Å². The predicted molar refractivity (Wildman–Crippen MR) is 68.2 cm³/mol. The van der Waals surface area contributed by atoms with Gasteiger partial charge in [-0.3, -0.25) is 0 Å². The molecule has 0 bridgehead atoms. The van der Waals surface area contributed by atoms with E-state index in [2.05, 4.69) is 51.1 Å². The highest BCUT2D eigenvalue weighted by Gasteiger charge is 2.07. The highest BCUT2D eigenvalue weighted by molar-refractivity contribution is 5.25. The summed E-state index contributed by atoms with van der Waals surface area (Å²) in [5.74, 6) is 0.793. The first-order chi connectivity index (χ1) is 7.71. The number of hydrogen-bond donors (Lipinski definition) is 0. The van der Waals surface area contributed by atoms with Crippen molar-refractivity contribution in [3.05, 3.63) is 35.4 Å². The molecule has 1 heteroatoms. The van der Waals surface area contributed by atoms with Crippen molar-refractivity contribution in [2.75, 3.05) is 0 Å². The van der Waals surface area contributed by atoms with Crippen LogP contribution in [-0.2, 0) is 6.42 Å². The predicted octanol–water partition coefficient (Wildman–Crippen LogP) is 4.29. The van der Waals surface area contributed by atoms with Crippen LogP contribution in [0.2, 0.25) is 0 Å². The molecule has 0 heterocycles. The molecule has 1 aromatic rings. The molecule has 0 radical (unpaired) electrons. The van der Waals surface area contributed by atoms with E-state index in [0.29, 0.717) is 5.92 Å². The molecule has 0 N–H and O–H groups in total. The summed E-state index contributed by atoms with van der Waals surface area (Å²) >= 11 is 0. The highest BCUT2D eigenvalue weighted by Crippen LogP contribution is 2.20. The second-order valence-corrected chi connectivity index (χ2v) is 4.49. The zero-order valence-corrected chi connectivity index (χ0v) is 10.5. The van der Waals surface area contributed by atoms with Crippen molar-refractivity contribution in [2.45, 2.75) is 46.0 Å². The molecule has 1 rings (SSSR count). The minimum atomic E-state index is 0.162. The average Bonchev–Trinajstić information content (AvgIpc) is 2.35. The molecule has 0 spiro atoms. The van der Waals surface area contributed by atoms with Gasteiger partial charge in [0.15, 0.2) is 0 Å². The van der Waals surface area contributed by atoms with Gasteiger partial charge in [0.25, 0.3) is 0 Å². The lowest BCUT2D eigenvalue weighted by Gasteiger charge is -2.10. The lowest BCUT2D eigenvalue weighted by molar-refractivity contribution is 0.637. The summed E-state index contributed by atoms with van der Waals surface area (Å²) < 4.78 is 0. The van der Waals surface area contributed by atoms with E-state index in [1.54, 1.807) is 0 Å². The summed E-state index contributed by atoms with van der Waals surface area (Å²) in [4.78, 5) is 0. The fraction of sp³-hybridized carbons (Fsp3) is 0.533. The lowest BCUT2D eigenvalue weighted by atomic mass is 9.94. The van der Waals surface area contributed by atoms with E-state index in [1.165, 1.54) is 17.5 Å². The lowest BCUT2D eigenvalue weighted by Crippen LogP contribution is -2.00. The Morgan fingerprint density at radius 3 is 2.19 bits per heavy atom. The Bertz CT molecular complexity index is 345. The smallest absolute Gasteiger partial charge is 0.0659 e. The van der Waals surface area contributed by atoms with Crippen molar-refractivity contribution in [3.8, 4) is 6.07 Å². The van der Waals surface area contributed by atoms with Gasteiger partial charge in [-0.15, -0.1) is 0 Å². The summed E-state index contributed by atoms with van der Waals surface area (Å²) in [7, 11) is 0. The number of hydrogen-bond acceptors (Lipinski definition) is 1. The molecule has 1 aromatic carbocycles. The van der Waals surface area contributed by atoms with Crippen molar-refractivity contribution in [2.24, 2.45) is 5.92 Å². The average molecular weight is 215 g/mol. The van der Waals surface area contributed by atoms with Crippen LogP contribution in [-0.4, -0.2) is 0 Å². The zero-order valence-electron chi connectivity index (χ0n) is 10.5. The van der Waals surface area contributed by atoms with E-state index in [-0.39, 0.29) is 5.92 Å². The third kappa shape index (κ3) is 3.38. The van der Waals surface area contributed by atoms with E-state index in [1.807, 2.05) is 0 Å². The van der Waals surface area contributed by atoms with Gasteiger partial charge in [-0.05, 0) is 36.3 Å². The minimum absolute atomic E-state index is 0.162. The van der Waals surface area contributed by atoms with Crippen molar-refractivity contribution < 1.29 is 0 Å². The van der Waals surface area contributed by atoms with E-state index in [0.717, 1.165) is 12.8 Å². The van der Waals surface area contributed by atoms with Gasteiger partial charge in [-0.2, -0.15) is 5.26 Å². The molecule has 16 heavy (non-hydrogen) atoms. The van der Waals surface area contributed by atoms with Crippen LogP contribution in [0, 0.1) is 17.2 Å². The Kier molecular flexibility index (Phi) is 5.05. The van der Waals surface area contributed by atoms with E-state index in [4.69, 9.17) is 5.26 Å². The van der Waals surface area contributed by atoms with Crippen LogP contribution >= 0.6 is 0 Å². The molecule has 0 aliphatic carbocycles. The van der Waals surface area contributed by atoms with Crippen LogP contribution < -0.4 is 0 Å². The summed E-state index contributed by atoms with van der Waals surface area (Å²) in [5.41, 5.74) is 2.68. The van der Waals surface area contributed by atoms with Gasteiger partial charge in [0.05, 0.1) is 12.0 Å². The van der Waals surface area contributed by atoms with Gasteiger partial charge in [0, 0.05) is 0 Å². The third-order valence-electron chi connectivity index (χ3n) is 3.32. The largest absolute Gasteiger partial charge is 0.198 e. The molecule has 0 aliphatic rings. The van der Waals surface area contributed by atoms with Crippen molar-refractivity contribution >= 4 is 0 Å². The van der Waals surface area contributed by atoms with Gasteiger partial charge < -0.3 is 0 Å². The van der Waals surface area contributed by atoms with Gasteiger partial charge in [-0.1, -0.05) is 45.0 Å². The first-order valence-corrected chi connectivity index (χ1v) is 6.19. The SMILES string of the molecule is CCC(C#N)Cc1ccc(C(C)CC)cc1. The van der Waals surface area contributed by atoms with Gasteiger partial charge >= 0.3 is 0 Å². The summed E-state index contributed by atoms with van der Waals surface area (Å²) in [6.07, 6.45) is 2.99. The minimum Gasteiger partial charge on any atom is -0.198 e.